The number of anilines is 1. The number of nitrogens with zero attached hydrogens (tertiary/aromatic N) is 1. The number of piperidine rings is 1. The number of amides is 2. The van der Waals surface area contributed by atoms with Crippen molar-refractivity contribution in [3.63, 3.8) is 0 Å². The van der Waals surface area contributed by atoms with E-state index in [-0.39, 0.29) is 29.7 Å². The number of carbonyl (C=O) groups excluding carboxylic acids is 2. The molecule has 0 aliphatic carbocycles. The van der Waals surface area contributed by atoms with E-state index in [0.717, 1.165) is 24.8 Å². The van der Waals surface area contributed by atoms with Crippen molar-refractivity contribution in [1.82, 2.24) is 9.62 Å². The molecule has 2 aromatic rings. The molecule has 0 aromatic heterocycles. The van der Waals surface area contributed by atoms with Crippen molar-refractivity contribution in [3.05, 3.63) is 59.4 Å². The second-order valence-electron chi connectivity index (χ2n) is 7.86. The zero-order chi connectivity index (χ0) is 22.0. The number of rotatable bonds is 5. The number of nitrogens with one attached hydrogen (secondary N) is 2. The van der Waals surface area contributed by atoms with E-state index in [1.54, 1.807) is 24.3 Å². The lowest BCUT2D eigenvalue weighted by molar-refractivity contribution is -0.126. The van der Waals surface area contributed by atoms with Gasteiger partial charge in [0.25, 0.3) is 0 Å². The summed E-state index contributed by atoms with van der Waals surface area (Å²) in [6.45, 7) is 1.28. The van der Waals surface area contributed by atoms with Gasteiger partial charge in [0.05, 0.1) is 10.8 Å². The lowest BCUT2D eigenvalue weighted by Crippen LogP contribution is -2.35. The van der Waals surface area contributed by atoms with Gasteiger partial charge < -0.3 is 10.6 Å². The van der Waals surface area contributed by atoms with Crippen LogP contribution in [0, 0.1) is 5.82 Å². The van der Waals surface area contributed by atoms with E-state index < -0.39 is 21.8 Å². The third-order valence-electron chi connectivity index (χ3n) is 5.71. The van der Waals surface area contributed by atoms with Crippen LogP contribution in [0.2, 0.25) is 0 Å². The molecule has 2 heterocycles. The lowest BCUT2D eigenvalue weighted by atomic mass is 9.89. The van der Waals surface area contributed by atoms with E-state index in [0.29, 0.717) is 24.3 Å². The van der Waals surface area contributed by atoms with Gasteiger partial charge in [-0.3, -0.25) is 9.59 Å². The van der Waals surface area contributed by atoms with E-state index in [2.05, 4.69) is 10.6 Å². The maximum atomic E-state index is 13.5. The number of carbonyl (C=O) groups is 2. The zero-order valence-electron chi connectivity index (χ0n) is 16.9. The van der Waals surface area contributed by atoms with Crippen LogP contribution in [-0.2, 0) is 26.2 Å². The van der Waals surface area contributed by atoms with Crippen molar-refractivity contribution in [2.24, 2.45) is 0 Å². The topological polar surface area (TPSA) is 95.6 Å². The summed E-state index contributed by atoms with van der Waals surface area (Å²) in [5.41, 5.74) is 1.62. The van der Waals surface area contributed by atoms with E-state index in [9.17, 15) is 22.4 Å². The van der Waals surface area contributed by atoms with E-state index >= 15 is 0 Å². The summed E-state index contributed by atoms with van der Waals surface area (Å²) in [4.78, 5) is 24.9. The van der Waals surface area contributed by atoms with Crippen molar-refractivity contribution >= 4 is 27.5 Å². The van der Waals surface area contributed by atoms with Crippen LogP contribution in [0.3, 0.4) is 0 Å². The van der Waals surface area contributed by atoms with Crippen LogP contribution < -0.4 is 10.6 Å². The fraction of sp³-hybridized carbons (Fsp3) is 0.364. The second kappa shape index (κ2) is 8.76. The normalized spacial score (nSPS) is 19.4. The van der Waals surface area contributed by atoms with Gasteiger partial charge in [0.1, 0.15) is 5.82 Å². The molecule has 1 atom stereocenters. The molecule has 7 nitrogen and oxygen atoms in total. The molecule has 0 radical (unpaired) electrons. The van der Waals surface area contributed by atoms with Gasteiger partial charge in [-0.05, 0) is 48.2 Å². The van der Waals surface area contributed by atoms with Crippen molar-refractivity contribution in [1.29, 1.82) is 0 Å². The Bertz CT molecular complexity index is 1100. The van der Waals surface area contributed by atoms with E-state index in [1.807, 2.05) is 0 Å². The van der Waals surface area contributed by atoms with Gasteiger partial charge in [-0.15, -0.1) is 0 Å². The number of hydrogen-bond donors (Lipinski definition) is 2. The summed E-state index contributed by atoms with van der Waals surface area (Å²) in [5.74, 6) is -1.87. The number of halogens is 1. The number of sulfonamides is 1. The molecular weight excluding hydrogens is 421 g/mol. The first-order valence-electron chi connectivity index (χ1n) is 10.3. The molecule has 1 unspecified atom stereocenters. The Kier molecular flexibility index (Phi) is 6.06. The predicted molar refractivity (Wildman–Crippen MR) is 113 cm³/mol. The largest absolute Gasteiger partial charge is 0.351 e. The summed E-state index contributed by atoms with van der Waals surface area (Å²) in [7, 11) is -3.50. The average molecular weight is 446 g/mol. The van der Waals surface area contributed by atoms with Gasteiger partial charge in [0.2, 0.25) is 21.8 Å². The number of hydrogen-bond acceptors (Lipinski definition) is 4. The minimum absolute atomic E-state index is 0.0164. The fourth-order valence-electron chi connectivity index (χ4n) is 4.02. The Morgan fingerprint density at radius 2 is 1.81 bits per heavy atom. The molecule has 2 N–H and O–H groups in total. The van der Waals surface area contributed by atoms with Crippen LogP contribution in [-0.4, -0.2) is 37.6 Å². The summed E-state index contributed by atoms with van der Waals surface area (Å²) in [5, 5.41) is 5.38. The van der Waals surface area contributed by atoms with Crippen molar-refractivity contribution in [2.75, 3.05) is 18.4 Å². The monoisotopic (exact) mass is 445 g/mol. The molecule has 2 amide bonds. The van der Waals surface area contributed by atoms with Crippen LogP contribution in [0.5, 0.6) is 0 Å². The minimum atomic E-state index is -3.50. The van der Waals surface area contributed by atoms with E-state index in [1.165, 1.54) is 22.5 Å². The predicted octanol–water partition coefficient (Wildman–Crippen LogP) is 2.74. The Labute approximate surface area is 180 Å². The molecule has 2 aromatic carbocycles. The van der Waals surface area contributed by atoms with Crippen LogP contribution in [0.25, 0.3) is 0 Å². The first-order chi connectivity index (χ1) is 14.8. The highest BCUT2D eigenvalue weighted by Crippen LogP contribution is 2.33. The second-order valence-corrected chi connectivity index (χ2v) is 9.80. The first kappa shape index (κ1) is 21.5. The van der Waals surface area contributed by atoms with Crippen molar-refractivity contribution in [3.8, 4) is 0 Å². The molecule has 1 fully saturated rings. The standard InChI is InChI=1S/C22H24FN3O4S/c23-16-6-9-18-19(13-21(27)25-20(18)12-16)22(28)24-14-15-4-7-17(8-5-15)31(29,30)26-10-2-1-3-11-26/h4-9,12,19H,1-3,10-11,13-14H2,(H,24,28)(H,25,27). The molecular formula is C22H24FN3O4S. The van der Waals surface area contributed by atoms with Crippen molar-refractivity contribution in [2.45, 2.75) is 43.0 Å². The molecule has 0 bridgehead atoms. The maximum absolute atomic E-state index is 13.5. The minimum Gasteiger partial charge on any atom is -0.351 e. The number of benzene rings is 2. The third kappa shape index (κ3) is 4.62. The summed E-state index contributed by atoms with van der Waals surface area (Å²) >= 11 is 0. The molecule has 2 aliphatic rings. The molecule has 0 saturated carbocycles. The average Bonchev–Trinajstić information content (AvgIpc) is 2.77. The summed E-state index contributed by atoms with van der Waals surface area (Å²) in [6.07, 6.45) is 2.78. The lowest BCUT2D eigenvalue weighted by Gasteiger charge is -2.26. The quantitative estimate of drug-likeness (QED) is 0.740. The van der Waals surface area contributed by atoms with E-state index in [4.69, 9.17) is 0 Å². The van der Waals surface area contributed by atoms with Crippen LogP contribution in [0.15, 0.2) is 47.4 Å². The molecule has 4 rings (SSSR count). The summed E-state index contributed by atoms with van der Waals surface area (Å²) in [6, 6.07) is 10.4. The molecule has 31 heavy (non-hydrogen) atoms. The molecule has 2 aliphatic heterocycles. The van der Waals surface area contributed by atoms with Gasteiger partial charge in [-0.1, -0.05) is 24.6 Å². The van der Waals surface area contributed by atoms with Gasteiger partial charge in [0.15, 0.2) is 0 Å². The Morgan fingerprint density at radius 1 is 1.10 bits per heavy atom. The van der Waals surface area contributed by atoms with Gasteiger partial charge in [-0.25, -0.2) is 12.8 Å². The zero-order valence-corrected chi connectivity index (χ0v) is 17.8. The highest BCUT2D eigenvalue weighted by molar-refractivity contribution is 7.89. The third-order valence-corrected chi connectivity index (χ3v) is 7.63. The van der Waals surface area contributed by atoms with Gasteiger partial charge in [0, 0.05) is 31.7 Å². The van der Waals surface area contributed by atoms with Crippen LogP contribution in [0.1, 0.15) is 42.7 Å². The highest BCUT2D eigenvalue weighted by atomic mass is 32.2. The maximum Gasteiger partial charge on any atom is 0.243 e. The van der Waals surface area contributed by atoms with Crippen LogP contribution in [0.4, 0.5) is 10.1 Å². The SMILES string of the molecule is O=C1CC(C(=O)NCc2ccc(S(=O)(=O)N3CCCCC3)cc2)c2ccc(F)cc2N1. The summed E-state index contributed by atoms with van der Waals surface area (Å²) < 4.78 is 40.4. The molecule has 9 heteroatoms. The highest BCUT2D eigenvalue weighted by Gasteiger charge is 2.31. The smallest absolute Gasteiger partial charge is 0.243 e. The van der Waals surface area contributed by atoms with Crippen molar-refractivity contribution < 1.29 is 22.4 Å². The Balaban J connectivity index is 1.42. The fourth-order valence-corrected chi connectivity index (χ4v) is 5.53. The van der Waals surface area contributed by atoms with Gasteiger partial charge >= 0.3 is 0 Å². The molecule has 0 spiro atoms. The Hall–Kier alpha value is -2.78. The number of fused-ring (bicyclic) bond motifs is 1. The first-order valence-corrected chi connectivity index (χ1v) is 11.7. The Morgan fingerprint density at radius 3 is 2.52 bits per heavy atom. The van der Waals surface area contributed by atoms with Crippen LogP contribution >= 0.6 is 0 Å². The molecule has 1 saturated heterocycles. The van der Waals surface area contributed by atoms with Gasteiger partial charge in [-0.2, -0.15) is 4.31 Å². The molecule has 164 valence electrons.